The third-order valence-corrected chi connectivity index (χ3v) is 5.38. The van der Waals surface area contributed by atoms with Crippen LogP contribution in [0.5, 0.6) is 11.5 Å². The second kappa shape index (κ2) is 7.97. The zero-order chi connectivity index (χ0) is 19.5. The predicted molar refractivity (Wildman–Crippen MR) is 113 cm³/mol. The summed E-state index contributed by atoms with van der Waals surface area (Å²) in [6.45, 7) is 3.13. The Morgan fingerprint density at radius 1 is 1.04 bits per heavy atom. The number of anilines is 1. The zero-order valence-electron chi connectivity index (χ0n) is 16.8. The molecule has 0 amide bonds. The molecule has 0 fully saturated rings. The predicted octanol–water partition coefficient (Wildman–Crippen LogP) is 4.87. The van der Waals surface area contributed by atoms with E-state index in [1.54, 1.807) is 14.2 Å². The highest BCUT2D eigenvalue weighted by Gasteiger charge is 2.24. The molecular formula is C23H27N3O2. The molecular weight excluding hydrogens is 350 g/mol. The van der Waals surface area contributed by atoms with Crippen LogP contribution < -0.4 is 14.8 Å². The largest absolute Gasteiger partial charge is 0.497 e. The highest BCUT2D eigenvalue weighted by molar-refractivity contribution is 5.76. The van der Waals surface area contributed by atoms with E-state index in [4.69, 9.17) is 14.6 Å². The van der Waals surface area contributed by atoms with Gasteiger partial charge in [0.2, 0.25) is 0 Å². The molecule has 0 saturated heterocycles. The summed E-state index contributed by atoms with van der Waals surface area (Å²) >= 11 is 0. The van der Waals surface area contributed by atoms with Gasteiger partial charge in [0.15, 0.2) is 0 Å². The van der Waals surface area contributed by atoms with E-state index in [0.717, 1.165) is 66.5 Å². The molecule has 2 heterocycles. The summed E-state index contributed by atoms with van der Waals surface area (Å²) in [6, 6.07) is 14.5. The number of hydrogen-bond acceptors (Lipinski definition) is 4. The molecule has 4 rings (SSSR count). The van der Waals surface area contributed by atoms with Crippen LogP contribution in [0.4, 0.5) is 5.82 Å². The molecule has 2 aromatic carbocycles. The van der Waals surface area contributed by atoms with Gasteiger partial charge in [0, 0.05) is 17.7 Å². The summed E-state index contributed by atoms with van der Waals surface area (Å²) in [6.07, 6.45) is 4.31. The Morgan fingerprint density at radius 2 is 1.86 bits per heavy atom. The van der Waals surface area contributed by atoms with Gasteiger partial charge in [0.1, 0.15) is 23.0 Å². The number of ether oxygens (including phenoxy) is 2. The van der Waals surface area contributed by atoms with Crippen LogP contribution in [-0.4, -0.2) is 30.5 Å². The number of aryl methyl sites for hydroxylation is 1. The van der Waals surface area contributed by atoms with Crippen molar-refractivity contribution in [1.82, 2.24) is 9.78 Å². The van der Waals surface area contributed by atoms with Crippen LogP contribution in [0.3, 0.4) is 0 Å². The van der Waals surface area contributed by atoms with Crippen LogP contribution in [0.15, 0.2) is 42.5 Å². The van der Waals surface area contributed by atoms with E-state index < -0.39 is 0 Å². The Hall–Kier alpha value is -2.95. The maximum absolute atomic E-state index is 5.64. The second-order valence-corrected chi connectivity index (χ2v) is 7.06. The van der Waals surface area contributed by atoms with Gasteiger partial charge in [-0.25, -0.2) is 4.68 Å². The van der Waals surface area contributed by atoms with Gasteiger partial charge >= 0.3 is 0 Å². The van der Waals surface area contributed by atoms with Crippen molar-refractivity contribution in [3.63, 3.8) is 0 Å². The Morgan fingerprint density at radius 3 is 2.57 bits per heavy atom. The van der Waals surface area contributed by atoms with Crippen LogP contribution in [0.2, 0.25) is 0 Å². The molecule has 1 N–H and O–H groups in total. The lowest BCUT2D eigenvalue weighted by molar-refractivity contribution is 0.404. The first-order valence-electron chi connectivity index (χ1n) is 9.92. The van der Waals surface area contributed by atoms with E-state index in [0.29, 0.717) is 0 Å². The number of fused-ring (bicyclic) bond motifs is 1. The fourth-order valence-corrected chi connectivity index (χ4v) is 3.78. The molecule has 0 aliphatic carbocycles. The molecule has 146 valence electrons. The van der Waals surface area contributed by atoms with Crippen molar-refractivity contribution in [3.05, 3.63) is 53.6 Å². The van der Waals surface area contributed by atoms with Crippen LogP contribution in [0.25, 0.3) is 16.9 Å². The SMILES string of the molecule is CCc1ccc(-n2nc(-c3cc(OC)ccc3OC)c3c2NCCCC3)cc1. The van der Waals surface area contributed by atoms with Crippen molar-refractivity contribution < 1.29 is 9.47 Å². The molecule has 0 atom stereocenters. The molecule has 0 radical (unpaired) electrons. The minimum Gasteiger partial charge on any atom is -0.497 e. The molecule has 0 saturated carbocycles. The number of nitrogens with one attached hydrogen (secondary N) is 1. The van der Waals surface area contributed by atoms with Crippen LogP contribution in [0.1, 0.15) is 30.9 Å². The van der Waals surface area contributed by atoms with E-state index in [1.807, 2.05) is 22.9 Å². The average molecular weight is 377 g/mol. The molecule has 5 nitrogen and oxygen atoms in total. The molecule has 28 heavy (non-hydrogen) atoms. The summed E-state index contributed by atoms with van der Waals surface area (Å²) in [5, 5.41) is 8.64. The van der Waals surface area contributed by atoms with E-state index in [2.05, 4.69) is 36.5 Å². The van der Waals surface area contributed by atoms with Crippen LogP contribution >= 0.6 is 0 Å². The molecule has 1 aliphatic rings. The highest BCUT2D eigenvalue weighted by atomic mass is 16.5. The smallest absolute Gasteiger partial charge is 0.133 e. The number of rotatable bonds is 5. The summed E-state index contributed by atoms with van der Waals surface area (Å²) in [5.74, 6) is 2.69. The first kappa shape index (κ1) is 18.4. The fraction of sp³-hybridized carbons (Fsp3) is 0.348. The van der Waals surface area contributed by atoms with Crippen molar-refractivity contribution >= 4 is 5.82 Å². The van der Waals surface area contributed by atoms with Crippen molar-refractivity contribution in [1.29, 1.82) is 0 Å². The maximum atomic E-state index is 5.64. The Kier molecular flexibility index (Phi) is 5.24. The Balaban J connectivity index is 1.90. The first-order chi connectivity index (χ1) is 13.7. The molecule has 0 spiro atoms. The molecule has 5 heteroatoms. The zero-order valence-corrected chi connectivity index (χ0v) is 16.8. The number of nitrogens with zero attached hydrogens (tertiary/aromatic N) is 2. The molecule has 1 aliphatic heterocycles. The number of aromatic nitrogens is 2. The van der Waals surface area contributed by atoms with Gasteiger partial charge < -0.3 is 14.8 Å². The van der Waals surface area contributed by atoms with E-state index >= 15 is 0 Å². The quantitative estimate of drug-likeness (QED) is 0.689. The minimum atomic E-state index is 0.799. The second-order valence-electron chi connectivity index (χ2n) is 7.06. The van der Waals surface area contributed by atoms with Gasteiger partial charge in [-0.1, -0.05) is 19.1 Å². The molecule has 0 unspecified atom stereocenters. The number of hydrogen-bond donors (Lipinski definition) is 1. The fourth-order valence-electron chi connectivity index (χ4n) is 3.78. The number of benzene rings is 2. The van der Waals surface area contributed by atoms with Gasteiger partial charge in [0.25, 0.3) is 0 Å². The van der Waals surface area contributed by atoms with E-state index in [1.165, 1.54) is 11.1 Å². The van der Waals surface area contributed by atoms with Crippen molar-refractivity contribution in [3.8, 4) is 28.4 Å². The van der Waals surface area contributed by atoms with E-state index in [-0.39, 0.29) is 0 Å². The van der Waals surface area contributed by atoms with Gasteiger partial charge in [-0.3, -0.25) is 0 Å². The third-order valence-electron chi connectivity index (χ3n) is 5.38. The monoisotopic (exact) mass is 377 g/mol. The number of methoxy groups -OCH3 is 2. The summed E-state index contributed by atoms with van der Waals surface area (Å²) in [5.41, 5.74) is 5.55. The van der Waals surface area contributed by atoms with Gasteiger partial charge in [-0.2, -0.15) is 5.10 Å². The van der Waals surface area contributed by atoms with E-state index in [9.17, 15) is 0 Å². The van der Waals surface area contributed by atoms with Gasteiger partial charge in [-0.15, -0.1) is 0 Å². The topological polar surface area (TPSA) is 48.3 Å². The normalized spacial score (nSPS) is 13.4. The third kappa shape index (κ3) is 3.33. The summed E-state index contributed by atoms with van der Waals surface area (Å²) in [7, 11) is 3.38. The van der Waals surface area contributed by atoms with Crippen molar-refractivity contribution in [2.45, 2.75) is 32.6 Å². The van der Waals surface area contributed by atoms with Crippen LogP contribution in [-0.2, 0) is 12.8 Å². The molecule has 1 aromatic heterocycles. The highest BCUT2D eigenvalue weighted by Crippen LogP contribution is 2.39. The van der Waals surface area contributed by atoms with Gasteiger partial charge in [-0.05, 0) is 61.6 Å². The maximum Gasteiger partial charge on any atom is 0.133 e. The van der Waals surface area contributed by atoms with Crippen molar-refractivity contribution in [2.24, 2.45) is 0 Å². The molecule has 0 bridgehead atoms. The van der Waals surface area contributed by atoms with Crippen molar-refractivity contribution in [2.75, 3.05) is 26.1 Å². The van der Waals surface area contributed by atoms with Crippen LogP contribution in [0, 0.1) is 0 Å². The van der Waals surface area contributed by atoms with Gasteiger partial charge in [0.05, 0.1) is 19.9 Å². The standard InChI is InChI=1S/C23H27N3O2/c1-4-16-8-10-17(11-9-16)26-23-19(7-5-6-14-24-23)22(25-26)20-15-18(27-2)12-13-21(20)28-3/h8-13,15,24H,4-7,14H2,1-3H3. The Bertz CT molecular complexity index is 961. The minimum absolute atomic E-state index is 0.799. The molecule has 3 aromatic rings. The summed E-state index contributed by atoms with van der Waals surface area (Å²) in [4.78, 5) is 0. The lowest BCUT2D eigenvalue weighted by Crippen LogP contribution is -2.07. The average Bonchev–Trinajstić information content (AvgIpc) is 2.93. The lowest BCUT2D eigenvalue weighted by Gasteiger charge is -2.10. The summed E-state index contributed by atoms with van der Waals surface area (Å²) < 4.78 is 13.1. The Labute approximate surface area is 166 Å². The first-order valence-corrected chi connectivity index (χ1v) is 9.92. The lowest BCUT2D eigenvalue weighted by atomic mass is 10.0.